The molecule has 0 atom stereocenters. The van der Waals surface area contributed by atoms with Gasteiger partial charge in [0.05, 0.1) is 25.3 Å². The maximum Gasteiger partial charge on any atom is 0.200 e. The monoisotopic (exact) mass is 396 g/mol. The summed E-state index contributed by atoms with van der Waals surface area (Å²) in [7, 11) is 3.08. The van der Waals surface area contributed by atoms with E-state index in [0.717, 1.165) is 11.1 Å². The van der Waals surface area contributed by atoms with Crippen molar-refractivity contribution >= 4 is 5.78 Å². The highest BCUT2D eigenvalue weighted by Gasteiger charge is 2.24. The summed E-state index contributed by atoms with van der Waals surface area (Å²) >= 11 is 0. The van der Waals surface area contributed by atoms with E-state index >= 15 is 0 Å². The molecule has 0 spiro atoms. The van der Waals surface area contributed by atoms with E-state index in [1.807, 2.05) is 60.7 Å². The molecule has 0 aliphatic carbocycles. The fourth-order valence-corrected chi connectivity index (χ4v) is 3.42. The van der Waals surface area contributed by atoms with Crippen LogP contribution in [0.5, 0.6) is 11.5 Å². The predicted octanol–water partition coefficient (Wildman–Crippen LogP) is 5.06. The van der Waals surface area contributed by atoms with Crippen LogP contribution >= 0.6 is 0 Å². The number of hydrogen-bond donors (Lipinski definition) is 0. The highest BCUT2D eigenvalue weighted by molar-refractivity contribution is 6.13. The standard InChI is InChI=1S/C25H20N2O3/c1-29-24-19(13-15-26-21(24)17-9-5-3-6-10-17)23(28)20-14-16-27-22(25(20)30-2)18-11-7-4-8-12-18/h3-16H,1-2H3. The van der Waals surface area contributed by atoms with Crippen molar-refractivity contribution in [3.63, 3.8) is 0 Å². The second-order valence-corrected chi connectivity index (χ2v) is 6.54. The minimum atomic E-state index is -0.220. The molecule has 5 nitrogen and oxygen atoms in total. The summed E-state index contributed by atoms with van der Waals surface area (Å²) in [5, 5.41) is 0. The van der Waals surface area contributed by atoms with Crippen LogP contribution in [0.25, 0.3) is 22.5 Å². The van der Waals surface area contributed by atoms with Crippen LogP contribution in [0.4, 0.5) is 0 Å². The van der Waals surface area contributed by atoms with Crippen LogP contribution in [0.1, 0.15) is 15.9 Å². The van der Waals surface area contributed by atoms with Gasteiger partial charge in [0.2, 0.25) is 5.78 Å². The lowest BCUT2D eigenvalue weighted by Crippen LogP contribution is -2.09. The van der Waals surface area contributed by atoms with Crippen molar-refractivity contribution in [2.45, 2.75) is 0 Å². The molecule has 30 heavy (non-hydrogen) atoms. The van der Waals surface area contributed by atoms with E-state index in [4.69, 9.17) is 9.47 Å². The zero-order valence-corrected chi connectivity index (χ0v) is 16.7. The van der Waals surface area contributed by atoms with Crippen LogP contribution in [0.3, 0.4) is 0 Å². The summed E-state index contributed by atoms with van der Waals surface area (Å²) < 4.78 is 11.2. The van der Waals surface area contributed by atoms with Crippen molar-refractivity contribution in [3.8, 4) is 34.0 Å². The molecule has 0 bridgehead atoms. The topological polar surface area (TPSA) is 61.3 Å². The van der Waals surface area contributed by atoms with Crippen LogP contribution in [0.2, 0.25) is 0 Å². The van der Waals surface area contributed by atoms with Gasteiger partial charge in [-0.05, 0) is 12.1 Å². The molecule has 0 fully saturated rings. The van der Waals surface area contributed by atoms with E-state index in [1.165, 1.54) is 0 Å². The average molecular weight is 396 g/mol. The van der Waals surface area contributed by atoms with Gasteiger partial charge in [-0.1, -0.05) is 60.7 Å². The molecule has 0 aliphatic rings. The second kappa shape index (κ2) is 8.57. The van der Waals surface area contributed by atoms with Crippen molar-refractivity contribution in [1.29, 1.82) is 0 Å². The van der Waals surface area contributed by atoms with Crippen LogP contribution in [0, 0.1) is 0 Å². The molecule has 4 rings (SSSR count). The Morgan fingerprint density at radius 3 is 1.40 bits per heavy atom. The molecule has 148 valence electrons. The van der Waals surface area contributed by atoms with Gasteiger partial charge in [0.25, 0.3) is 0 Å². The summed E-state index contributed by atoms with van der Waals surface area (Å²) in [5.41, 5.74) is 3.79. The Labute approximate surface area is 175 Å². The van der Waals surface area contributed by atoms with E-state index in [-0.39, 0.29) is 5.78 Å². The van der Waals surface area contributed by atoms with Crippen molar-refractivity contribution in [2.24, 2.45) is 0 Å². The minimum Gasteiger partial charge on any atom is -0.494 e. The zero-order chi connectivity index (χ0) is 20.9. The molecule has 5 heteroatoms. The van der Waals surface area contributed by atoms with E-state index in [2.05, 4.69) is 9.97 Å². The van der Waals surface area contributed by atoms with Crippen LogP contribution in [-0.2, 0) is 0 Å². The number of aromatic nitrogens is 2. The Bertz CT molecular complexity index is 1080. The fourth-order valence-electron chi connectivity index (χ4n) is 3.42. The number of ether oxygens (including phenoxy) is 2. The Hall–Kier alpha value is -3.99. The van der Waals surface area contributed by atoms with E-state index in [1.54, 1.807) is 38.7 Å². The number of benzene rings is 2. The molecule has 2 aromatic heterocycles. The lowest BCUT2D eigenvalue weighted by molar-refractivity contribution is 0.103. The molecule has 4 aromatic rings. The van der Waals surface area contributed by atoms with Crippen LogP contribution in [0.15, 0.2) is 85.2 Å². The fraction of sp³-hybridized carbons (Fsp3) is 0.0800. The summed E-state index contributed by atoms with van der Waals surface area (Å²) in [6.07, 6.45) is 3.23. The molecule has 2 heterocycles. The van der Waals surface area contributed by atoms with Crippen LogP contribution in [-0.4, -0.2) is 30.0 Å². The van der Waals surface area contributed by atoms with E-state index in [9.17, 15) is 4.79 Å². The quantitative estimate of drug-likeness (QED) is 0.426. The van der Waals surface area contributed by atoms with E-state index in [0.29, 0.717) is 34.0 Å². The summed E-state index contributed by atoms with van der Waals surface area (Å²) in [6.45, 7) is 0. The minimum absolute atomic E-state index is 0.220. The molecule has 0 amide bonds. The van der Waals surface area contributed by atoms with Gasteiger partial charge in [-0.25, -0.2) is 0 Å². The molecule has 2 aromatic carbocycles. The Morgan fingerprint density at radius 2 is 1.03 bits per heavy atom. The Kier molecular flexibility index (Phi) is 5.52. The Morgan fingerprint density at radius 1 is 0.633 bits per heavy atom. The third-order valence-corrected chi connectivity index (χ3v) is 4.80. The predicted molar refractivity (Wildman–Crippen MR) is 116 cm³/mol. The average Bonchev–Trinajstić information content (AvgIpc) is 2.83. The first kappa shape index (κ1) is 19.3. The molecule has 0 saturated heterocycles. The maximum atomic E-state index is 13.6. The van der Waals surface area contributed by atoms with Crippen molar-refractivity contribution in [1.82, 2.24) is 9.97 Å². The number of rotatable bonds is 6. The molecule has 0 aliphatic heterocycles. The summed E-state index contributed by atoms with van der Waals surface area (Å²) in [5.74, 6) is 0.630. The van der Waals surface area contributed by atoms with Crippen molar-refractivity contribution in [3.05, 3.63) is 96.3 Å². The van der Waals surface area contributed by atoms with Crippen molar-refractivity contribution in [2.75, 3.05) is 14.2 Å². The zero-order valence-electron chi connectivity index (χ0n) is 16.7. The lowest BCUT2D eigenvalue weighted by Gasteiger charge is -2.15. The van der Waals surface area contributed by atoms with Gasteiger partial charge < -0.3 is 9.47 Å². The molecule has 0 unspecified atom stereocenters. The third kappa shape index (κ3) is 3.53. The smallest absolute Gasteiger partial charge is 0.200 e. The molecule has 0 radical (unpaired) electrons. The molecular weight excluding hydrogens is 376 g/mol. The number of hydrogen-bond acceptors (Lipinski definition) is 5. The second-order valence-electron chi connectivity index (χ2n) is 6.54. The molecule has 0 N–H and O–H groups in total. The van der Waals surface area contributed by atoms with Crippen molar-refractivity contribution < 1.29 is 14.3 Å². The third-order valence-electron chi connectivity index (χ3n) is 4.80. The summed E-state index contributed by atoms with van der Waals surface area (Å²) in [4.78, 5) is 22.4. The molecular formula is C25H20N2O3. The first-order valence-electron chi connectivity index (χ1n) is 9.46. The van der Waals surface area contributed by atoms with Gasteiger partial charge in [-0.2, -0.15) is 0 Å². The highest BCUT2D eigenvalue weighted by Crippen LogP contribution is 2.36. The highest BCUT2D eigenvalue weighted by atomic mass is 16.5. The first-order valence-corrected chi connectivity index (χ1v) is 9.46. The van der Waals surface area contributed by atoms with Gasteiger partial charge in [-0.15, -0.1) is 0 Å². The largest absolute Gasteiger partial charge is 0.494 e. The van der Waals surface area contributed by atoms with Gasteiger partial charge in [0, 0.05) is 23.5 Å². The Balaban J connectivity index is 1.85. The van der Waals surface area contributed by atoms with Gasteiger partial charge >= 0.3 is 0 Å². The SMILES string of the molecule is COc1c(C(=O)c2ccnc(-c3ccccc3)c2OC)ccnc1-c1ccccc1. The number of methoxy groups -OCH3 is 2. The first-order chi connectivity index (χ1) is 14.7. The maximum absolute atomic E-state index is 13.6. The van der Waals surface area contributed by atoms with Crippen LogP contribution < -0.4 is 9.47 Å². The number of pyridine rings is 2. The molecule has 0 saturated carbocycles. The number of carbonyl (C=O) groups excluding carboxylic acids is 1. The normalized spacial score (nSPS) is 10.5. The number of carbonyl (C=O) groups is 1. The van der Waals surface area contributed by atoms with Gasteiger partial charge in [0.1, 0.15) is 11.4 Å². The number of ketones is 1. The number of nitrogens with zero attached hydrogens (tertiary/aromatic N) is 2. The van der Waals surface area contributed by atoms with Gasteiger partial charge in [-0.3, -0.25) is 14.8 Å². The van der Waals surface area contributed by atoms with E-state index < -0.39 is 0 Å². The lowest BCUT2D eigenvalue weighted by atomic mass is 9.98. The summed E-state index contributed by atoms with van der Waals surface area (Å²) in [6, 6.07) is 22.6. The van der Waals surface area contributed by atoms with Gasteiger partial charge in [0.15, 0.2) is 11.5 Å².